The highest BCUT2D eigenvalue weighted by molar-refractivity contribution is 9.10. The van der Waals surface area contributed by atoms with Crippen LogP contribution in [0.3, 0.4) is 0 Å². The second kappa shape index (κ2) is 5.39. The molecule has 0 radical (unpaired) electrons. The molecule has 0 aliphatic carbocycles. The number of ketones is 1. The molecule has 0 unspecified atom stereocenters. The van der Waals surface area contributed by atoms with E-state index < -0.39 is 11.6 Å². The molecule has 1 nitrogen and oxygen atoms in total. The van der Waals surface area contributed by atoms with E-state index >= 15 is 0 Å². The van der Waals surface area contributed by atoms with Crippen molar-refractivity contribution >= 4 is 44.9 Å². The lowest BCUT2D eigenvalue weighted by molar-refractivity contribution is 0.103. The van der Waals surface area contributed by atoms with E-state index in [1.165, 1.54) is 12.1 Å². The molecule has 0 saturated heterocycles. The average molecular weight is 348 g/mol. The topological polar surface area (TPSA) is 17.1 Å². The van der Waals surface area contributed by atoms with Crippen LogP contribution in [-0.4, -0.2) is 5.78 Å². The van der Waals surface area contributed by atoms with Crippen LogP contribution in [0.2, 0.25) is 10.0 Å². The molecule has 0 atom stereocenters. The largest absolute Gasteiger partial charge is 0.288 e. The third-order valence-electron chi connectivity index (χ3n) is 2.40. The summed E-state index contributed by atoms with van der Waals surface area (Å²) in [7, 11) is 0. The molecule has 2 aromatic carbocycles. The van der Waals surface area contributed by atoms with Gasteiger partial charge in [0.2, 0.25) is 0 Å². The minimum atomic E-state index is -0.754. The summed E-state index contributed by atoms with van der Waals surface area (Å²) in [5.74, 6) is -1.25. The van der Waals surface area contributed by atoms with Crippen LogP contribution in [0, 0.1) is 5.82 Å². The van der Waals surface area contributed by atoms with Gasteiger partial charge in [0.15, 0.2) is 11.6 Å². The van der Waals surface area contributed by atoms with Crippen molar-refractivity contribution in [3.8, 4) is 0 Å². The Bertz CT molecular complexity index is 628. The van der Waals surface area contributed by atoms with Crippen LogP contribution in [0.1, 0.15) is 15.9 Å². The summed E-state index contributed by atoms with van der Waals surface area (Å²) in [6.07, 6.45) is 0. The van der Waals surface area contributed by atoms with Gasteiger partial charge in [-0.05, 0) is 40.2 Å². The fourth-order valence-electron chi connectivity index (χ4n) is 1.49. The standard InChI is InChI=1S/C13H6BrCl2FO/c14-9-6-5-8(12(17)11(9)16)13(18)7-3-1-2-4-10(7)15/h1-6H. The summed E-state index contributed by atoms with van der Waals surface area (Å²) in [5.41, 5.74) is 0.146. The highest BCUT2D eigenvalue weighted by Gasteiger charge is 2.19. The Kier molecular flexibility index (Phi) is 4.05. The molecule has 0 saturated carbocycles. The van der Waals surface area contributed by atoms with Gasteiger partial charge in [-0.3, -0.25) is 4.79 Å². The minimum Gasteiger partial charge on any atom is -0.288 e. The summed E-state index contributed by atoms with van der Waals surface area (Å²) < 4.78 is 14.3. The van der Waals surface area contributed by atoms with Crippen LogP contribution in [0.15, 0.2) is 40.9 Å². The first-order chi connectivity index (χ1) is 8.52. The summed E-state index contributed by atoms with van der Waals surface area (Å²) >= 11 is 14.7. The zero-order valence-electron chi connectivity index (χ0n) is 8.88. The van der Waals surface area contributed by atoms with E-state index in [2.05, 4.69) is 15.9 Å². The van der Waals surface area contributed by atoms with Crippen molar-refractivity contribution in [2.45, 2.75) is 0 Å². The van der Waals surface area contributed by atoms with Crippen LogP contribution < -0.4 is 0 Å². The average Bonchev–Trinajstić information content (AvgIpc) is 2.36. The van der Waals surface area contributed by atoms with Gasteiger partial charge in [-0.2, -0.15) is 0 Å². The number of halogens is 4. The van der Waals surface area contributed by atoms with E-state index in [4.69, 9.17) is 23.2 Å². The highest BCUT2D eigenvalue weighted by Crippen LogP contribution is 2.29. The normalized spacial score (nSPS) is 10.4. The molecular weight excluding hydrogens is 342 g/mol. The Labute approximate surface area is 122 Å². The lowest BCUT2D eigenvalue weighted by atomic mass is 10.0. The van der Waals surface area contributed by atoms with Gasteiger partial charge in [-0.25, -0.2) is 4.39 Å². The molecule has 0 spiro atoms. The molecule has 0 amide bonds. The molecule has 92 valence electrons. The number of hydrogen-bond donors (Lipinski definition) is 0. The van der Waals surface area contributed by atoms with E-state index in [1.54, 1.807) is 24.3 Å². The van der Waals surface area contributed by atoms with Gasteiger partial charge < -0.3 is 0 Å². The third-order valence-corrected chi connectivity index (χ3v) is 3.99. The first kappa shape index (κ1) is 13.5. The molecule has 0 N–H and O–H groups in total. The summed E-state index contributed by atoms with van der Waals surface area (Å²) in [5, 5.41) is 0.161. The number of benzene rings is 2. The summed E-state index contributed by atoms with van der Waals surface area (Å²) in [6.45, 7) is 0. The molecule has 0 fully saturated rings. The molecule has 2 aromatic rings. The van der Waals surface area contributed by atoms with Crippen molar-refractivity contribution in [3.63, 3.8) is 0 Å². The molecule has 0 bridgehead atoms. The van der Waals surface area contributed by atoms with Gasteiger partial charge in [0.25, 0.3) is 0 Å². The fourth-order valence-corrected chi connectivity index (χ4v) is 2.18. The van der Waals surface area contributed by atoms with E-state index in [9.17, 15) is 9.18 Å². The zero-order chi connectivity index (χ0) is 13.3. The van der Waals surface area contributed by atoms with Gasteiger partial charge in [0.05, 0.1) is 15.6 Å². The first-order valence-electron chi connectivity index (χ1n) is 4.95. The number of carbonyl (C=O) groups is 1. The Morgan fingerprint density at radius 3 is 2.39 bits per heavy atom. The predicted molar refractivity (Wildman–Crippen MR) is 74.0 cm³/mol. The molecule has 2 rings (SSSR count). The minimum absolute atomic E-state index is 0.101. The Balaban J connectivity index is 2.54. The number of hydrogen-bond acceptors (Lipinski definition) is 1. The van der Waals surface area contributed by atoms with Gasteiger partial charge >= 0.3 is 0 Å². The predicted octanol–water partition coefficient (Wildman–Crippen LogP) is 5.13. The quantitative estimate of drug-likeness (QED) is 0.544. The van der Waals surface area contributed by atoms with Crippen molar-refractivity contribution in [3.05, 3.63) is 67.9 Å². The maximum absolute atomic E-state index is 13.9. The van der Waals surface area contributed by atoms with E-state index in [0.717, 1.165) is 0 Å². The van der Waals surface area contributed by atoms with Crippen molar-refractivity contribution in [2.24, 2.45) is 0 Å². The van der Waals surface area contributed by atoms with Gasteiger partial charge in [-0.15, -0.1) is 0 Å². The van der Waals surface area contributed by atoms with Crippen molar-refractivity contribution in [1.82, 2.24) is 0 Å². The molecule has 0 aromatic heterocycles. The summed E-state index contributed by atoms with van der Waals surface area (Å²) in [4.78, 5) is 12.2. The lowest BCUT2D eigenvalue weighted by Gasteiger charge is -2.06. The van der Waals surface area contributed by atoms with E-state index in [-0.39, 0.29) is 21.2 Å². The van der Waals surface area contributed by atoms with Crippen LogP contribution >= 0.6 is 39.1 Å². The Morgan fingerprint density at radius 1 is 1.06 bits per heavy atom. The van der Waals surface area contributed by atoms with E-state index in [1.807, 2.05) is 0 Å². The zero-order valence-corrected chi connectivity index (χ0v) is 12.0. The maximum Gasteiger partial charge on any atom is 0.197 e. The molecule has 0 heterocycles. The van der Waals surface area contributed by atoms with Crippen molar-refractivity contribution in [1.29, 1.82) is 0 Å². The molecular formula is C13H6BrCl2FO. The SMILES string of the molecule is O=C(c1ccccc1Cl)c1ccc(Br)c(Cl)c1F. The number of carbonyl (C=O) groups excluding carboxylic acids is 1. The van der Waals surface area contributed by atoms with Crippen LogP contribution in [0.4, 0.5) is 4.39 Å². The molecule has 18 heavy (non-hydrogen) atoms. The molecule has 5 heteroatoms. The van der Waals surface area contributed by atoms with Gasteiger partial charge in [-0.1, -0.05) is 35.3 Å². The lowest BCUT2D eigenvalue weighted by Crippen LogP contribution is -2.05. The second-order valence-corrected chi connectivity index (χ2v) is 5.17. The number of rotatable bonds is 2. The van der Waals surface area contributed by atoms with Gasteiger partial charge in [0, 0.05) is 10.0 Å². The first-order valence-corrected chi connectivity index (χ1v) is 6.50. The third kappa shape index (κ3) is 2.44. The highest BCUT2D eigenvalue weighted by atomic mass is 79.9. The van der Waals surface area contributed by atoms with Crippen LogP contribution in [-0.2, 0) is 0 Å². The van der Waals surface area contributed by atoms with Gasteiger partial charge in [0.1, 0.15) is 0 Å². The van der Waals surface area contributed by atoms with Crippen molar-refractivity contribution in [2.75, 3.05) is 0 Å². The van der Waals surface area contributed by atoms with Crippen LogP contribution in [0.5, 0.6) is 0 Å². The summed E-state index contributed by atoms with van der Waals surface area (Å²) in [6, 6.07) is 9.38. The second-order valence-electron chi connectivity index (χ2n) is 3.53. The maximum atomic E-state index is 13.9. The van der Waals surface area contributed by atoms with Crippen molar-refractivity contribution < 1.29 is 9.18 Å². The molecule has 0 aliphatic heterocycles. The molecule has 0 aliphatic rings. The Hall–Kier alpha value is -0.900. The Morgan fingerprint density at radius 2 is 1.72 bits per heavy atom. The van der Waals surface area contributed by atoms with Crippen LogP contribution in [0.25, 0.3) is 0 Å². The smallest absolute Gasteiger partial charge is 0.197 e. The fraction of sp³-hybridized carbons (Fsp3) is 0. The van der Waals surface area contributed by atoms with E-state index in [0.29, 0.717) is 4.47 Å². The monoisotopic (exact) mass is 346 g/mol.